The fourth-order valence-corrected chi connectivity index (χ4v) is 1.99. The zero-order chi connectivity index (χ0) is 17.0. The Bertz CT molecular complexity index is 636. The van der Waals surface area contributed by atoms with E-state index >= 15 is 0 Å². The van der Waals surface area contributed by atoms with E-state index in [1.54, 1.807) is 19.1 Å². The first kappa shape index (κ1) is 16.7. The maximum atomic E-state index is 12.2. The van der Waals surface area contributed by atoms with Gasteiger partial charge >= 0.3 is 6.03 Å². The van der Waals surface area contributed by atoms with Crippen molar-refractivity contribution in [3.05, 3.63) is 23.8 Å². The normalized spacial score (nSPS) is 17.0. The summed E-state index contributed by atoms with van der Waals surface area (Å²) in [5.41, 5.74) is 0.987. The average Bonchev–Trinajstić information content (AvgIpc) is 2.77. The number of ether oxygens (including phenoxy) is 1. The molecular weight excluding hydrogens is 312 g/mol. The number of benzene rings is 1. The lowest BCUT2D eigenvalue weighted by Crippen LogP contribution is -2.33. The second-order valence-corrected chi connectivity index (χ2v) is 4.95. The minimum atomic E-state index is -2.60. The molecule has 0 spiro atoms. The van der Waals surface area contributed by atoms with Gasteiger partial charge in [0.05, 0.1) is 6.42 Å². The molecule has 0 saturated carbocycles. The molecule has 23 heavy (non-hydrogen) atoms. The number of aryl methyl sites for hydroxylation is 1. The van der Waals surface area contributed by atoms with Crippen molar-refractivity contribution in [2.75, 3.05) is 11.9 Å². The highest BCUT2D eigenvalue weighted by molar-refractivity contribution is 6.06. The lowest BCUT2D eigenvalue weighted by atomic mass is 10.1. The summed E-state index contributed by atoms with van der Waals surface area (Å²) >= 11 is 0. The molecule has 3 N–H and O–H groups in total. The van der Waals surface area contributed by atoms with Gasteiger partial charge in [-0.15, -0.1) is 0 Å². The predicted octanol–water partition coefficient (Wildman–Crippen LogP) is 1.18. The third-order valence-corrected chi connectivity index (χ3v) is 3.08. The molecule has 7 nitrogen and oxygen atoms in total. The maximum Gasteiger partial charge on any atom is 0.322 e. The number of urea groups is 1. The number of amides is 4. The summed E-state index contributed by atoms with van der Waals surface area (Å²) in [5, 5.41) is 6.85. The quantitative estimate of drug-likeness (QED) is 0.684. The van der Waals surface area contributed by atoms with Gasteiger partial charge in [-0.3, -0.25) is 14.9 Å². The van der Waals surface area contributed by atoms with E-state index in [1.165, 1.54) is 6.07 Å². The lowest BCUT2D eigenvalue weighted by Gasteiger charge is -2.12. The molecule has 1 fully saturated rings. The SMILES string of the molecule is Cc1ccc(NC(=O)C[C@H]2NC(=O)NC2=O)cc1OCC(F)F. The number of anilines is 1. The van der Waals surface area contributed by atoms with Gasteiger partial charge in [-0.1, -0.05) is 6.07 Å². The molecule has 1 saturated heterocycles. The molecule has 0 radical (unpaired) electrons. The molecule has 1 atom stereocenters. The van der Waals surface area contributed by atoms with Crippen molar-refractivity contribution >= 4 is 23.5 Å². The lowest BCUT2D eigenvalue weighted by molar-refractivity contribution is -0.124. The first-order chi connectivity index (χ1) is 10.8. The number of carbonyl (C=O) groups is 3. The van der Waals surface area contributed by atoms with Crippen LogP contribution in [-0.2, 0) is 9.59 Å². The van der Waals surface area contributed by atoms with Crippen LogP contribution in [0.2, 0.25) is 0 Å². The predicted molar refractivity (Wildman–Crippen MR) is 76.4 cm³/mol. The van der Waals surface area contributed by atoms with Gasteiger partial charge in [0.25, 0.3) is 12.3 Å². The molecule has 1 heterocycles. The second kappa shape index (κ2) is 7.03. The number of halogens is 2. The van der Waals surface area contributed by atoms with Crippen LogP contribution < -0.4 is 20.7 Å². The molecule has 0 aromatic heterocycles. The Morgan fingerprint density at radius 3 is 2.74 bits per heavy atom. The molecular formula is C14H15F2N3O4. The van der Waals surface area contributed by atoms with Crippen LogP contribution in [0.3, 0.4) is 0 Å². The van der Waals surface area contributed by atoms with E-state index in [9.17, 15) is 23.2 Å². The van der Waals surface area contributed by atoms with E-state index in [-0.39, 0.29) is 12.2 Å². The topological polar surface area (TPSA) is 96.5 Å². The Hall–Kier alpha value is -2.71. The van der Waals surface area contributed by atoms with Crippen LogP contribution in [-0.4, -0.2) is 36.9 Å². The number of hydrogen-bond acceptors (Lipinski definition) is 4. The van der Waals surface area contributed by atoms with E-state index in [0.717, 1.165) is 0 Å². The molecule has 9 heteroatoms. The van der Waals surface area contributed by atoms with Crippen LogP contribution in [0.25, 0.3) is 0 Å². The third kappa shape index (κ3) is 4.63. The third-order valence-electron chi connectivity index (χ3n) is 3.08. The van der Waals surface area contributed by atoms with Gasteiger partial charge in [-0.25, -0.2) is 13.6 Å². The highest BCUT2D eigenvalue weighted by Gasteiger charge is 2.31. The Morgan fingerprint density at radius 1 is 1.39 bits per heavy atom. The van der Waals surface area contributed by atoms with Crippen molar-refractivity contribution < 1.29 is 27.9 Å². The van der Waals surface area contributed by atoms with Gasteiger partial charge in [-0.2, -0.15) is 0 Å². The monoisotopic (exact) mass is 327 g/mol. The molecule has 0 unspecified atom stereocenters. The van der Waals surface area contributed by atoms with Crippen molar-refractivity contribution in [2.45, 2.75) is 25.8 Å². The van der Waals surface area contributed by atoms with Crippen molar-refractivity contribution in [1.82, 2.24) is 10.6 Å². The summed E-state index contributed by atoms with van der Waals surface area (Å²) in [4.78, 5) is 34.2. The number of carbonyl (C=O) groups excluding carboxylic acids is 3. The van der Waals surface area contributed by atoms with Crippen molar-refractivity contribution in [2.24, 2.45) is 0 Å². The van der Waals surface area contributed by atoms with E-state index in [0.29, 0.717) is 11.3 Å². The van der Waals surface area contributed by atoms with Gasteiger partial charge in [-0.05, 0) is 18.6 Å². The van der Waals surface area contributed by atoms with Crippen LogP contribution in [0.1, 0.15) is 12.0 Å². The number of alkyl halides is 2. The Balaban J connectivity index is 1.96. The molecule has 124 valence electrons. The summed E-state index contributed by atoms with van der Waals surface area (Å²) in [6.45, 7) is 0.942. The summed E-state index contributed by atoms with van der Waals surface area (Å²) < 4.78 is 29.3. The van der Waals surface area contributed by atoms with Crippen LogP contribution in [0.4, 0.5) is 19.3 Å². The minimum absolute atomic E-state index is 0.231. The van der Waals surface area contributed by atoms with Gasteiger partial charge in [0, 0.05) is 11.8 Å². The van der Waals surface area contributed by atoms with E-state index in [4.69, 9.17) is 4.74 Å². The highest BCUT2D eigenvalue weighted by atomic mass is 19.3. The molecule has 4 amide bonds. The number of hydrogen-bond donors (Lipinski definition) is 3. The zero-order valence-corrected chi connectivity index (χ0v) is 12.2. The van der Waals surface area contributed by atoms with Crippen molar-refractivity contribution in [3.63, 3.8) is 0 Å². The summed E-state index contributed by atoms with van der Waals surface area (Å²) in [6.07, 6.45) is -2.84. The molecule has 1 aromatic carbocycles. The zero-order valence-electron chi connectivity index (χ0n) is 12.2. The first-order valence-corrected chi connectivity index (χ1v) is 6.78. The molecule has 0 bridgehead atoms. The average molecular weight is 327 g/mol. The molecule has 1 aliphatic rings. The standard InChI is InChI=1S/C14H15F2N3O4/c1-7-2-3-8(4-10(7)23-6-11(15)16)17-12(20)5-9-13(21)19-14(22)18-9/h2-4,9,11H,5-6H2,1H3,(H,17,20)(H2,18,19,21,22)/t9-/m1/s1. The van der Waals surface area contributed by atoms with Crippen LogP contribution in [0, 0.1) is 6.92 Å². The molecule has 1 aliphatic heterocycles. The fourth-order valence-electron chi connectivity index (χ4n) is 1.99. The second-order valence-electron chi connectivity index (χ2n) is 4.95. The van der Waals surface area contributed by atoms with E-state index in [1.807, 2.05) is 5.32 Å². The smallest absolute Gasteiger partial charge is 0.322 e. The number of imide groups is 1. The van der Waals surface area contributed by atoms with Crippen LogP contribution in [0.15, 0.2) is 18.2 Å². The number of rotatable bonds is 6. The fraction of sp³-hybridized carbons (Fsp3) is 0.357. The van der Waals surface area contributed by atoms with Crippen molar-refractivity contribution in [1.29, 1.82) is 0 Å². The number of nitrogens with one attached hydrogen (secondary N) is 3. The van der Waals surface area contributed by atoms with Gasteiger partial charge in [0.2, 0.25) is 5.91 Å². The maximum absolute atomic E-state index is 12.2. The Kier molecular flexibility index (Phi) is 5.09. The Labute approximate surface area is 130 Å². The van der Waals surface area contributed by atoms with E-state index < -0.39 is 36.9 Å². The summed E-state index contributed by atoms with van der Waals surface area (Å²) in [7, 11) is 0. The molecule has 1 aromatic rings. The van der Waals surface area contributed by atoms with Crippen LogP contribution >= 0.6 is 0 Å². The molecule has 0 aliphatic carbocycles. The molecule has 2 rings (SSSR count). The van der Waals surface area contributed by atoms with Crippen LogP contribution in [0.5, 0.6) is 5.75 Å². The summed E-state index contributed by atoms with van der Waals surface area (Å²) in [6, 6.07) is 3.03. The van der Waals surface area contributed by atoms with Gasteiger partial charge in [0.1, 0.15) is 18.4 Å². The van der Waals surface area contributed by atoms with Gasteiger partial charge < -0.3 is 15.4 Å². The van der Waals surface area contributed by atoms with Crippen molar-refractivity contribution in [3.8, 4) is 5.75 Å². The summed E-state index contributed by atoms with van der Waals surface area (Å²) in [5.74, 6) is -0.846. The van der Waals surface area contributed by atoms with E-state index in [2.05, 4.69) is 10.6 Å². The highest BCUT2D eigenvalue weighted by Crippen LogP contribution is 2.23. The van der Waals surface area contributed by atoms with Gasteiger partial charge in [0.15, 0.2) is 0 Å². The largest absolute Gasteiger partial charge is 0.487 e. The Morgan fingerprint density at radius 2 is 2.13 bits per heavy atom. The first-order valence-electron chi connectivity index (χ1n) is 6.78. The minimum Gasteiger partial charge on any atom is -0.487 e.